The number of carbonyl (C=O) groups excluding carboxylic acids is 1. The molecule has 94 valence electrons. The van der Waals surface area contributed by atoms with E-state index in [-0.39, 0.29) is 11.9 Å². The van der Waals surface area contributed by atoms with E-state index in [9.17, 15) is 4.79 Å². The number of anilines is 1. The van der Waals surface area contributed by atoms with Crippen LogP contribution in [0.15, 0.2) is 6.07 Å². The fourth-order valence-electron chi connectivity index (χ4n) is 2.18. The number of carbonyl (C=O) groups is 1. The number of nitrogens with zero attached hydrogens (tertiary/aromatic N) is 4. The second-order valence-electron chi connectivity index (χ2n) is 4.27. The highest BCUT2D eigenvalue weighted by Gasteiger charge is 2.32. The number of likely N-dealkylation sites (N-methyl/N-ethyl adjacent to an activating group) is 1. The van der Waals surface area contributed by atoms with E-state index < -0.39 is 0 Å². The molecular weight excluding hydrogens is 230 g/mol. The molecular formula is C12H15N5O. The van der Waals surface area contributed by atoms with Crippen molar-refractivity contribution in [2.45, 2.75) is 25.8 Å². The molecule has 1 aromatic heterocycles. The van der Waals surface area contributed by atoms with Gasteiger partial charge in [0.05, 0.1) is 0 Å². The van der Waals surface area contributed by atoms with Crippen molar-refractivity contribution in [1.29, 1.82) is 5.26 Å². The summed E-state index contributed by atoms with van der Waals surface area (Å²) in [5.74, 6) is 0.439. The minimum atomic E-state index is -0.233. The summed E-state index contributed by atoms with van der Waals surface area (Å²) in [4.78, 5) is 22.1. The van der Waals surface area contributed by atoms with Gasteiger partial charge in [-0.05, 0) is 25.8 Å². The first-order chi connectivity index (χ1) is 8.65. The van der Waals surface area contributed by atoms with Gasteiger partial charge >= 0.3 is 0 Å². The van der Waals surface area contributed by atoms with E-state index >= 15 is 0 Å². The maximum Gasteiger partial charge on any atom is 0.242 e. The van der Waals surface area contributed by atoms with Crippen LogP contribution in [-0.2, 0) is 4.79 Å². The molecule has 1 aliphatic rings. The molecule has 1 amide bonds. The molecule has 18 heavy (non-hydrogen) atoms. The molecule has 0 aromatic carbocycles. The minimum absolute atomic E-state index is 0.0314. The molecule has 6 heteroatoms. The fraction of sp³-hybridized carbons (Fsp3) is 0.500. The molecule has 1 aromatic rings. The number of aromatic nitrogens is 2. The SMILES string of the molecule is CNC(=O)C1CCCN1c1nc(C)cc(C#N)n1. The van der Waals surface area contributed by atoms with Gasteiger partial charge in [-0.15, -0.1) is 0 Å². The van der Waals surface area contributed by atoms with Gasteiger partial charge < -0.3 is 10.2 Å². The van der Waals surface area contributed by atoms with Crippen molar-refractivity contribution in [3.8, 4) is 6.07 Å². The molecule has 0 spiro atoms. The first-order valence-electron chi connectivity index (χ1n) is 5.89. The van der Waals surface area contributed by atoms with Gasteiger partial charge in [-0.2, -0.15) is 5.26 Å². The predicted molar refractivity (Wildman–Crippen MR) is 65.9 cm³/mol. The van der Waals surface area contributed by atoms with Crippen molar-refractivity contribution in [3.63, 3.8) is 0 Å². The lowest BCUT2D eigenvalue weighted by Gasteiger charge is -2.23. The zero-order valence-corrected chi connectivity index (χ0v) is 10.5. The Morgan fingerprint density at radius 2 is 2.39 bits per heavy atom. The van der Waals surface area contributed by atoms with Crippen LogP contribution in [0.2, 0.25) is 0 Å². The van der Waals surface area contributed by atoms with Crippen molar-refractivity contribution in [2.75, 3.05) is 18.5 Å². The average molecular weight is 245 g/mol. The standard InChI is InChI=1S/C12H15N5O/c1-8-6-9(7-13)16-12(15-8)17-5-3-4-10(17)11(18)14-2/h6,10H,3-5H2,1-2H3,(H,14,18). The number of hydrogen-bond donors (Lipinski definition) is 1. The second-order valence-corrected chi connectivity index (χ2v) is 4.27. The van der Waals surface area contributed by atoms with Crippen LogP contribution in [0, 0.1) is 18.3 Å². The zero-order chi connectivity index (χ0) is 13.1. The summed E-state index contributed by atoms with van der Waals surface area (Å²) in [6, 6.07) is 3.41. The van der Waals surface area contributed by atoms with Crippen molar-refractivity contribution >= 4 is 11.9 Å². The third-order valence-electron chi connectivity index (χ3n) is 3.02. The number of nitrogens with one attached hydrogen (secondary N) is 1. The van der Waals surface area contributed by atoms with Crippen LogP contribution in [0.1, 0.15) is 24.2 Å². The van der Waals surface area contributed by atoms with E-state index in [4.69, 9.17) is 5.26 Å². The summed E-state index contributed by atoms with van der Waals surface area (Å²) in [6.07, 6.45) is 1.72. The Kier molecular flexibility index (Phi) is 3.42. The first kappa shape index (κ1) is 12.3. The Morgan fingerprint density at radius 3 is 3.06 bits per heavy atom. The molecule has 1 fully saturated rings. The summed E-state index contributed by atoms with van der Waals surface area (Å²) in [5.41, 5.74) is 1.07. The quantitative estimate of drug-likeness (QED) is 0.814. The molecule has 2 rings (SSSR count). The molecule has 1 atom stereocenters. The van der Waals surface area contributed by atoms with Crippen LogP contribution in [0.5, 0.6) is 0 Å². The van der Waals surface area contributed by atoms with Crippen molar-refractivity contribution < 1.29 is 4.79 Å². The Bertz CT molecular complexity index is 508. The largest absolute Gasteiger partial charge is 0.357 e. The van der Waals surface area contributed by atoms with E-state index in [2.05, 4.69) is 15.3 Å². The van der Waals surface area contributed by atoms with Crippen LogP contribution < -0.4 is 10.2 Å². The van der Waals surface area contributed by atoms with Gasteiger partial charge in [0, 0.05) is 19.3 Å². The molecule has 0 saturated carbocycles. The molecule has 1 saturated heterocycles. The third kappa shape index (κ3) is 2.25. The lowest BCUT2D eigenvalue weighted by molar-refractivity contribution is -0.121. The second kappa shape index (κ2) is 5.00. The summed E-state index contributed by atoms with van der Waals surface area (Å²) in [7, 11) is 1.62. The Morgan fingerprint density at radius 1 is 1.61 bits per heavy atom. The number of amides is 1. The van der Waals surface area contributed by atoms with Crippen LogP contribution in [-0.4, -0.2) is 35.5 Å². The van der Waals surface area contributed by atoms with E-state index in [0.29, 0.717) is 11.6 Å². The highest BCUT2D eigenvalue weighted by Crippen LogP contribution is 2.22. The topological polar surface area (TPSA) is 81.9 Å². The monoisotopic (exact) mass is 245 g/mol. The lowest BCUT2D eigenvalue weighted by Crippen LogP contribution is -2.42. The Balaban J connectivity index is 2.33. The van der Waals surface area contributed by atoms with E-state index in [1.165, 1.54) is 0 Å². The van der Waals surface area contributed by atoms with Gasteiger partial charge in [-0.3, -0.25) is 4.79 Å². The van der Waals surface area contributed by atoms with Gasteiger partial charge in [0.1, 0.15) is 17.8 Å². The van der Waals surface area contributed by atoms with Crippen LogP contribution in [0.25, 0.3) is 0 Å². The summed E-state index contributed by atoms with van der Waals surface area (Å²) in [6.45, 7) is 2.56. The van der Waals surface area contributed by atoms with Crippen molar-refractivity contribution in [1.82, 2.24) is 15.3 Å². The minimum Gasteiger partial charge on any atom is -0.357 e. The smallest absolute Gasteiger partial charge is 0.242 e. The summed E-state index contributed by atoms with van der Waals surface area (Å²) < 4.78 is 0. The van der Waals surface area contributed by atoms with Crippen LogP contribution >= 0.6 is 0 Å². The molecule has 6 nitrogen and oxygen atoms in total. The van der Waals surface area contributed by atoms with Crippen molar-refractivity contribution in [3.05, 3.63) is 17.5 Å². The van der Waals surface area contributed by atoms with Gasteiger partial charge in [-0.25, -0.2) is 9.97 Å². The lowest BCUT2D eigenvalue weighted by atomic mass is 10.2. The third-order valence-corrected chi connectivity index (χ3v) is 3.02. The number of rotatable bonds is 2. The fourth-order valence-corrected chi connectivity index (χ4v) is 2.18. The molecule has 0 aliphatic carbocycles. The molecule has 0 bridgehead atoms. The summed E-state index contributed by atoms with van der Waals surface area (Å²) in [5, 5.41) is 11.6. The molecule has 0 radical (unpaired) electrons. The van der Waals surface area contributed by atoms with Crippen molar-refractivity contribution in [2.24, 2.45) is 0 Å². The Labute approximate surface area is 106 Å². The van der Waals surface area contributed by atoms with Gasteiger partial charge in [-0.1, -0.05) is 0 Å². The van der Waals surface area contributed by atoms with E-state index in [1.54, 1.807) is 13.1 Å². The molecule has 1 aliphatic heterocycles. The van der Waals surface area contributed by atoms with E-state index in [0.717, 1.165) is 25.1 Å². The highest BCUT2D eigenvalue weighted by molar-refractivity contribution is 5.85. The zero-order valence-electron chi connectivity index (χ0n) is 10.5. The number of aryl methyl sites for hydroxylation is 1. The van der Waals surface area contributed by atoms with E-state index in [1.807, 2.05) is 17.9 Å². The van der Waals surface area contributed by atoms with Gasteiger partial charge in [0.25, 0.3) is 0 Å². The number of nitriles is 1. The number of hydrogen-bond acceptors (Lipinski definition) is 5. The summed E-state index contributed by atoms with van der Waals surface area (Å²) >= 11 is 0. The maximum absolute atomic E-state index is 11.8. The Hall–Kier alpha value is -2.16. The van der Waals surface area contributed by atoms with Crippen LogP contribution in [0.3, 0.4) is 0 Å². The van der Waals surface area contributed by atoms with Gasteiger partial charge in [0.2, 0.25) is 11.9 Å². The first-order valence-corrected chi connectivity index (χ1v) is 5.89. The molecule has 2 heterocycles. The maximum atomic E-state index is 11.8. The van der Waals surface area contributed by atoms with Crippen LogP contribution in [0.4, 0.5) is 5.95 Å². The molecule has 1 unspecified atom stereocenters. The predicted octanol–water partition coefficient (Wildman–Crippen LogP) is 0.371. The molecule has 1 N–H and O–H groups in total. The highest BCUT2D eigenvalue weighted by atomic mass is 16.2. The normalized spacial score (nSPS) is 18.5. The van der Waals surface area contributed by atoms with Gasteiger partial charge in [0.15, 0.2) is 0 Å². The average Bonchev–Trinajstić information content (AvgIpc) is 2.86.